The first kappa shape index (κ1) is 15.3. The zero-order valence-electron chi connectivity index (χ0n) is 12.3. The fourth-order valence-electron chi connectivity index (χ4n) is 2.38. The number of ether oxygens (including phenoxy) is 1. The molecule has 6 heteroatoms. The number of hydrogen-bond acceptors (Lipinski definition) is 5. The molecule has 0 bridgehead atoms. The van der Waals surface area contributed by atoms with Crippen molar-refractivity contribution in [1.82, 2.24) is 4.90 Å². The molecule has 1 unspecified atom stereocenters. The van der Waals surface area contributed by atoms with Gasteiger partial charge in [-0.15, -0.1) is 0 Å². The summed E-state index contributed by atoms with van der Waals surface area (Å²) in [6, 6.07) is 2.67. The summed E-state index contributed by atoms with van der Waals surface area (Å²) in [7, 11) is 1.52. The molecule has 21 heavy (non-hydrogen) atoms. The minimum atomic E-state index is -0.697. The van der Waals surface area contributed by atoms with Gasteiger partial charge in [0.1, 0.15) is 11.8 Å². The van der Waals surface area contributed by atoms with Crippen molar-refractivity contribution in [3.63, 3.8) is 0 Å². The molecule has 0 radical (unpaired) electrons. The van der Waals surface area contributed by atoms with Crippen LogP contribution in [0.15, 0.2) is 34.1 Å². The third-order valence-corrected chi connectivity index (χ3v) is 3.44. The summed E-state index contributed by atoms with van der Waals surface area (Å²) in [6.07, 6.45) is 1.47. The van der Waals surface area contributed by atoms with Crippen LogP contribution in [0.3, 0.4) is 0 Å². The van der Waals surface area contributed by atoms with Crippen LogP contribution in [0.2, 0.25) is 0 Å². The largest absolute Gasteiger partial charge is 0.503 e. The molecule has 0 saturated heterocycles. The number of hydrogen-bond donors (Lipinski definition) is 1. The van der Waals surface area contributed by atoms with Crippen LogP contribution < -0.4 is 0 Å². The number of amides is 1. The molecule has 0 aliphatic carbocycles. The van der Waals surface area contributed by atoms with E-state index in [1.807, 2.05) is 0 Å². The Morgan fingerprint density at radius 3 is 2.76 bits per heavy atom. The monoisotopic (exact) mass is 293 g/mol. The minimum Gasteiger partial charge on any atom is -0.503 e. The molecule has 2 rings (SSSR count). The van der Waals surface area contributed by atoms with Crippen molar-refractivity contribution in [1.29, 1.82) is 0 Å². The van der Waals surface area contributed by atoms with Gasteiger partial charge in [0.25, 0.3) is 5.91 Å². The highest BCUT2D eigenvalue weighted by atomic mass is 16.5. The summed E-state index contributed by atoms with van der Waals surface area (Å²) in [5.74, 6) is -1.20. The number of ketones is 1. The molecule has 2 heterocycles. The molecule has 0 saturated carbocycles. The Hall–Kier alpha value is -2.08. The smallest absolute Gasteiger partial charge is 0.290 e. The number of rotatable bonds is 6. The van der Waals surface area contributed by atoms with Crippen molar-refractivity contribution < 1.29 is 23.8 Å². The van der Waals surface area contributed by atoms with E-state index in [-0.39, 0.29) is 23.8 Å². The third kappa shape index (κ3) is 2.71. The standard InChI is InChI=1S/C15H19NO5/c1-9(2)13(17)11-12(10-5-4-7-21-10)16(6-8-20-3)15(19)14(11)18/h4-5,7,9,12,18H,6,8H2,1-3H3. The van der Waals surface area contributed by atoms with E-state index >= 15 is 0 Å². The highest BCUT2D eigenvalue weighted by Gasteiger charge is 2.44. The summed E-state index contributed by atoms with van der Waals surface area (Å²) in [4.78, 5) is 26.0. The predicted molar refractivity (Wildman–Crippen MR) is 74.5 cm³/mol. The summed E-state index contributed by atoms with van der Waals surface area (Å²) in [6.45, 7) is 4.02. The quantitative estimate of drug-likeness (QED) is 0.865. The van der Waals surface area contributed by atoms with Crippen LogP contribution in [0.1, 0.15) is 25.6 Å². The van der Waals surface area contributed by atoms with Crippen LogP contribution in [-0.4, -0.2) is 42.0 Å². The fourth-order valence-corrected chi connectivity index (χ4v) is 2.38. The molecule has 1 atom stereocenters. The number of carbonyl (C=O) groups excluding carboxylic acids is 2. The van der Waals surface area contributed by atoms with Gasteiger partial charge in [-0.05, 0) is 12.1 Å². The molecule has 114 valence electrons. The van der Waals surface area contributed by atoms with Gasteiger partial charge in [-0.1, -0.05) is 13.8 Å². The molecule has 1 aliphatic rings. The molecule has 1 aliphatic heterocycles. The second-order valence-corrected chi connectivity index (χ2v) is 5.19. The van der Waals surface area contributed by atoms with E-state index in [2.05, 4.69) is 0 Å². The second-order valence-electron chi connectivity index (χ2n) is 5.19. The van der Waals surface area contributed by atoms with Crippen molar-refractivity contribution in [2.24, 2.45) is 5.92 Å². The van der Waals surface area contributed by atoms with E-state index in [1.54, 1.807) is 26.0 Å². The Balaban J connectivity index is 2.44. The maximum absolute atomic E-state index is 12.4. The lowest BCUT2D eigenvalue weighted by Gasteiger charge is -2.24. The van der Waals surface area contributed by atoms with Gasteiger partial charge in [0, 0.05) is 19.6 Å². The van der Waals surface area contributed by atoms with Gasteiger partial charge >= 0.3 is 0 Å². The Bertz CT molecular complexity index is 559. The van der Waals surface area contributed by atoms with Crippen LogP contribution in [-0.2, 0) is 14.3 Å². The highest BCUT2D eigenvalue weighted by molar-refractivity contribution is 6.09. The van der Waals surface area contributed by atoms with E-state index in [0.29, 0.717) is 12.4 Å². The van der Waals surface area contributed by atoms with Gasteiger partial charge < -0.3 is 19.2 Å². The maximum Gasteiger partial charge on any atom is 0.290 e. The number of Topliss-reactive ketones (excluding diaryl/α,β-unsaturated/α-hetero) is 1. The van der Waals surface area contributed by atoms with E-state index in [1.165, 1.54) is 18.3 Å². The van der Waals surface area contributed by atoms with Gasteiger partial charge in [0.05, 0.1) is 18.4 Å². The van der Waals surface area contributed by atoms with Crippen molar-refractivity contribution >= 4 is 11.7 Å². The highest BCUT2D eigenvalue weighted by Crippen LogP contribution is 2.38. The lowest BCUT2D eigenvalue weighted by molar-refractivity contribution is -0.130. The van der Waals surface area contributed by atoms with Gasteiger partial charge in [-0.2, -0.15) is 0 Å². The molecular formula is C15H19NO5. The lowest BCUT2D eigenvalue weighted by atomic mass is 9.94. The van der Waals surface area contributed by atoms with Crippen molar-refractivity contribution in [3.05, 3.63) is 35.5 Å². The number of methoxy groups -OCH3 is 1. The van der Waals surface area contributed by atoms with Gasteiger partial charge in [-0.3, -0.25) is 9.59 Å². The second kappa shape index (κ2) is 6.13. The molecule has 6 nitrogen and oxygen atoms in total. The van der Waals surface area contributed by atoms with Crippen molar-refractivity contribution in [2.75, 3.05) is 20.3 Å². The molecule has 1 aromatic rings. The van der Waals surface area contributed by atoms with Crippen molar-refractivity contribution in [3.8, 4) is 0 Å². The van der Waals surface area contributed by atoms with E-state index in [9.17, 15) is 14.7 Å². The van der Waals surface area contributed by atoms with Crippen LogP contribution in [0.5, 0.6) is 0 Å². The van der Waals surface area contributed by atoms with Crippen LogP contribution in [0.25, 0.3) is 0 Å². The van der Waals surface area contributed by atoms with Crippen LogP contribution in [0.4, 0.5) is 0 Å². The number of carbonyl (C=O) groups is 2. The average molecular weight is 293 g/mol. The van der Waals surface area contributed by atoms with E-state index in [4.69, 9.17) is 9.15 Å². The Kier molecular flexibility index (Phi) is 4.47. The molecule has 0 spiro atoms. The normalized spacial score (nSPS) is 19.0. The Labute approximate surface area is 123 Å². The number of aliphatic hydroxyl groups excluding tert-OH is 1. The molecule has 1 N–H and O–H groups in total. The third-order valence-electron chi connectivity index (χ3n) is 3.44. The molecule has 0 fully saturated rings. The first-order chi connectivity index (χ1) is 9.99. The first-order valence-corrected chi connectivity index (χ1v) is 6.79. The number of furan rings is 1. The Morgan fingerprint density at radius 1 is 1.52 bits per heavy atom. The summed E-state index contributed by atoms with van der Waals surface area (Å²) >= 11 is 0. The molecular weight excluding hydrogens is 274 g/mol. The van der Waals surface area contributed by atoms with Crippen LogP contribution in [0, 0.1) is 5.92 Å². The number of nitrogens with zero attached hydrogens (tertiary/aromatic N) is 1. The minimum absolute atomic E-state index is 0.0982. The zero-order chi connectivity index (χ0) is 15.6. The lowest BCUT2D eigenvalue weighted by Crippen LogP contribution is -2.34. The summed E-state index contributed by atoms with van der Waals surface area (Å²) in [5, 5.41) is 10.1. The van der Waals surface area contributed by atoms with Gasteiger partial charge in [-0.25, -0.2) is 0 Å². The summed E-state index contributed by atoms with van der Waals surface area (Å²) < 4.78 is 10.3. The Morgan fingerprint density at radius 2 is 2.24 bits per heavy atom. The van der Waals surface area contributed by atoms with Gasteiger partial charge in [0.2, 0.25) is 0 Å². The summed E-state index contributed by atoms with van der Waals surface area (Å²) in [5.41, 5.74) is 0.0982. The molecule has 1 amide bonds. The van der Waals surface area contributed by atoms with E-state index < -0.39 is 17.7 Å². The van der Waals surface area contributed by atoms with E-state index in [0.717, 1.165) is 0 Å². The molecule has 1 aromatic heterocycles. The number of aliphatic hydroxyl groups is 1. The SMILES string of the molecule is COCCN1C(=O)C(O)=C(C(=O)C(C)C)C1c1ccco1. The fraction of sp³-hybridized carbons (Fsp3) is 0.467. The van der Waals surface area contributed by atoms with Gasteiger partial charge in [0.15, 0.2) is 11.5 Å². The van der Waals surface area contributed by atoms with Crippen molar-refractivity contribution in [2.45, 2.75) is 19.9 Å². The maximum atomic E-state index is 12.4. The first-order valence-electron chi connectivity index (χ1n) is 6.79. The zero-order valence-corrected chi connectivity index (χ0v) is 12.3. The topological polar surface area (TPSA) is 80.0 Å². The average Bonchev–Trinajstić information content (AvgIpc) is 3.05. The van der Waals surface area contributed by atoms with Crippen LogP contribution >= 0.6 is 0 Å². The molecule has 0 aromatic carbocycles. The predicted octanol–water partition coefficient (Wildman–Crippen LogP) is 1.85.